The largest absolute Gasteiger partial charge is 0.396 e. The first kappa shape index (κ1) is 13.8. The monoisotopic (exact) mass is 266 g/mol. The second-order valence-corrected chi connectivity index (χ2v) is 6.76. The van der Waals surface area contributed by atoms with Crippen molar-refractivity contribution in [3.63, 3.8) is 0 Å². The average molecular weight is 266 g/mol. The van der Waals surface area contributed by atoms with E-state index in [1.165, 1.54) is 18.4 Å². The van der Waals surface area contributed by atoms with E-state index in [0.717, 1.165) is 37.0 Å². The third kappa shape index (κ3) is 3.66. The van der Waals surface area contributed by atoms with Gasteiger partial charge in [0.05, 0.1) is 10.8 Å². The Kier molecular flexibility index (Phi) is 5.39. The molecule has 0 aliphatic heterocycles. The van der Waals surface area contributed by atoms with E-state index in [0.29, 0.717) is 5.25 Å². The van der Waals surface area contributed by atoms with E-state index in [9.17, 15) is 4.21 Å². The summed E-state index contributed by atoms with van der Waals surface area (Å²) in [4.78, 5) is 0.989. The summed E-state index contributed by atoms with van der Waals surface area (Å²) in [7, 11) is -0.826. The first-order valence-electron chi connectivity index (χ1n) is 6.91. The summed E-state index contributed by atoms with van der Waals surface area (Å²) in [6, 6.07) is 8.18. The highest BCUT2D eigenvalue weighted by atomic mass is 32.2. The molecule has 1 aliphatic carbocycles. The number of aliphatic hydroxyl groups is 1. The van der Waals surface area contributed by atoms with Gasteiger partial charge in [0.2, 0.25) is 0 Å². The quantitative estimate of drug-likeness (QED) is 0.804. The predicted molar refractivity (Wildman–Crippen MR) is 75.1 cm³/mol. The lowest BCUT2D eigenvalue weighted by Crippen LogP contribution is -2.10. The van der Waals surface area contributed by atoms with Gasteiger partial charge in [-0.25, -0.2) is 0 Å². The van der Waals surface area contributed by atoms with Gasteiger partial charge in [-0.15, -0.1) is 0 Å². The molecule has 1 atom stereocenters. The molecule has 18 heavy (non-hydrogen) atoms. The molecule has 2 nitrogen and oxygen atoms in total. The lowest BCUT2D eigenvalue weighted by atomic mass is 10.1. The van der Waals surface area contributed by atoms with Crippen molar-refractivity contribution in [1.29, 1.82) is 0 Å². The number of hydrogen-bond acceptors (Lipinski definition) is 2. The minimum atomic E-state index is -0.826. The van der Waals surface area contributed by atoms with Gasteiger partial charge in [-0.2, -0.15) is 0 Å². The number of aliphatic hydroxyl groups excluding tert-OH is 1. The van der Waals surface area contributed by atoms with E-state index in [4.69, 9.17) is 5.11 Å². The van der Waals surface area contributed by atoms with Gasteiger partial charge in [0, 0.05) is 16.8 Å². The van der Waals surface area contributed by atoms with Crippen LogP contribution in [0.4, 0.5) is 0 Å². The van der Waals surface area contributed by atoms with Crippen molar-refractivity contribution in [3.8, 4) is 0 Å². The van der Waals surface area contributed by atoms with Crippen molar-refractivity contribution in [3.05, 3.63) is 29.8 Å². The van der Waals surface area contributed by atoms with Crippen LogP contribution in [0.1, 0.15) is 44.1 Å². The molecule has 2 rings (SSSR count). The summed E-state index contributed by atoms with van der Waals surface area (Å²) < 4.78 is 12.4. The Hall–Kier alpha value is -0.670. The van der Waals surface area contributed by atoms with Crippen molar-refractivity contribution in [2.24, 2.45) is 0 Å². The molecule has 1 N–H and O–H groups in total. The van der Waals surface area contributed by atoms with Crippen molar-refractivity contribution in [2.45, 2.75) is 55.1 Å². The molecular formula is C15H22O2S. The van der Waals surface area contributed by atoms with Crippen molar-refractivity contribution >= 4 is 10.8 Å². The predicted octanol–water partition coefficient (Wildman–Crippen LogP) is 3.05. The topological polar surface area (TPSA) is 37.3 Å². The van der Waals surface area contributed by atoms with Gasteiger partial charge in [0.15, 0.2) is 0 Å². The van der Waals surface area contributed by atoms with Gasteiger partial charge in [-0.3, -0.25) is 4.21 Å². The van der Waals surface area contributed by atoms with Crippen LogP contribution in [0.2, 0.25) is 0 Å². The van der Waals surface area contributed by atoms with Crippen LogP contribution < -0.4 is 0 Å². The molecule has 0 aromatic heterocycles. The Bertz CT molecular complexity index is 397. The first-order valence-corrected chi connectivity index (χ1v) is 8.13. The van der Waals surface area contributed by atoms with Crippen LogP contribution in [0.3, 0.4) is 0 Å². The highest BCUT2D eigenvalue weighted by Gasteiger charge is 2.22. The molecule has 1 aromatic rings. The van der Waals surface area contributed by atoms with Crippen molar-refractivity contribution in [2.75, 3.05) is 6.61 Å². The SMILES string of the molecule is O=[S@](c1cccc(CCCCO)c1)C1CCCC1. The Morgan fingerprint density at radius 1 is 1.22 bits per heavy atom. The summed E-state index contributed by atoms with van der Waals surface area (Å²) in [6.07, 6.45) is 7.49. The van der Waals surface area contributed by atoms with Crippen LogP contribution in [0.5, 0.6) is 0 Å². The van der Waals surface area contributed by atoms with Crippen LogP contribution in [0.25, 0.3) is 0 Å². The second kappa shape index (κ2) is 7.05. The van der Waals surface area contributed by atoms with Gasteiger partial charge >= 0.3 is 0 Å². The Labute approximate surface area is 112 Å². The van der Waals surface area contributed by atoms with E-state index in [1.807, 2.05) is 12.1 Å². The second-order valence-electron chi connectivity index (χ2n) is 5.03. The number of rotatable bonds is 6. The van der Waals surface area contributed by atoms with E-state index >= 15 is 0 Å². The molecule has 0 heterocycles. The average Bonchev–Trinajstić information content (AvgIpc) is 2.92. The molecule has 100 valence electrons. The molecule has 1 fully saturated rings. The number of aryl methyl sites for hydroxylation is 1. The van der Waals surface area contributed by atoms with Crippen LogP contribution in [0, 0.1) is 0 Å². The van der Waals surface area contributed by atoms with Crippen molar-refractivity contribution < 1.29 is 9.32 Å². The maximum absolute atomic E-state index is 12.4. The Balaban J connectivity index is 1.99. The van der Waals surface area contributed by atoms with Gasteiger partial charge in [-0.1, -0.05) is 25.0 Å². The minimum absolute atomic E-state index is 0.258. The zero-order valence-electron chi connectivity index (χ0n) is 10.8. The molecule has 1 saturated carbocycles. The smallest absolute Gasteiger partial charge is 0.0560 e. The molecule has 0 unspecified atom stereocenters. The van der Waals surface area contributed by atoms with Crippen LogP contribution in [-0.2, 0) is 17.2 Å². The number of hydrogen-bond donors (Lipinski definition) is 1. The fraction of sp³-hybridized carbons (Fsp3) is 0.600. The molecule has 3 heteroatoms. The maximum atomic E-state index is 12.4. The van der Waals surface area contributed by atoms with E-state index in [2.05, 4.69) is 12.1 Å². The van der Waals surface area contributed by atoms with Crippen molar-refractivity contribution in [1.82, 2.24) is 0 Å². The molecule has 0 spiro atoms. The van der Waals surface area contributed by atoms with Gasteiger partial charge in [-0.05, 0) is 49.8 Å². The summed E-state index contributed by atoms with van der Waals surface area (Å²) >= 11 is 0. The summed E-state index contributed by atoms with van der Waals surface area (Å²) in [6.45, 7) is 0.258. The third-order valence-corrected chi connectivity index (χ3v) is 5.40. The zero-order chi connectivity index (χ0) is 12.8. The fourth-order valence-electron chi connectivity index (χ4n) is 2.56. The third-order valence-electron chi connectivity index (χ3n) is 3.61. The van der Waals surface area contributed by atoms with E-state index in [-0.39, 0.29) is 6.61 Å². The maximum Gasteiger partial charge on any atom is 0.0560 e. The molecule has 1 aliphatic rings. The molecule has 0 radical (unpaired) electrons. The minimum Gasteiger partial charge on any atom is -0.396 e. The normalized spacial score (nSPS) is 18.1. The van der Waals surface area contributed by atoms with Gasteiger partial charge in [0.1, 0.15) is 0 Å². The van der Waals surface area contributed by atoms with E-state index in [1.54, 1.807) is 0 Å². The zero-order valence-corrected chi connectivity index (χ0v) is 11.6. The van der Waals surface area contributed by atoms with Gasteiger partial charge < -0.3 is 5.11 Å². The first-order chi connectivity index (χ1) is 8.81. The van der Waals surface area contributed by atoms with Gasteiger partial charge in [0.25, 0.3) is 0 Å². The Morgan fingerprint density at radius 2 is 2.00 bits per heavy atom. The fourth-order valence-corrected chi connectivity index (χ4v) is 4.19. The summed E-state index contributed by atoms with van der Waals surface area (Å²) in [5.41, 5.74) is 1.24. The van der Waals surface area contributed by atoms with E-state index < -0.39 is 10.8 Å². The van der Waals surface area contributed by atoms with Crippen LogP contribution >= 0.6 is 0 Å². The lowest BCUT2D eigenvalue weighted by molar-refractivity contribution is 0.284. The highest BCUT2D eigenvalue weighted by molar-refractivity contribution is 7.85. The van der Waals surface area contributed by atoms with Crippen LogP contribution in [-0.4, -0.2) is 21.2 Å². The van der Waals surface area contributed by atoms with Crippen LogP contribution in [0.15, 0.2) is 29.2 Å². The lowest BCUT2D eigenvalue weighted by Gasteiger charge is -2.10. The summed E-state index contributed by atoms with van der Waals surface area (Å²) in [5, 5.41) is 9.15. The molecular weight excluding hydrogens is 244 g/mol. The number of unbranched alkanes of at least 4 members (excludes halogenated alkanes) is 1. The highest BCUT2D eigenvalue weighted by Crippen LogP contribution is 2.27. The molecule has 1 aromatic carbocycles. The molecule has 0 bridgehead atoms. The number of benzene rings is 1. The molecule has 0 saturated heterocycles. The molecule has 0 amide bonds. The standard InChI is InChI=1S/C15H22O2S/c16-11-4-3-6-13-7-5-10-15(12-13)18(17)14-8-1-2-9-14/h5,7,10,12,14,16H,1-4,6,8-9,11H2/t18-/m0/s1. The summed E-state index contributed by atoms with van der Waals surface area (Å²) in [5.74, 6) is 0. The Morgan fingerprint density at radius 3 is 2.72 bits per heavy atom.